The van der Waals surface area contributed by atoms with Gasteiger partial charge in [0.05, 0.1) is 33.0 Å². The van der Waals surface area contributed by atoms with E-state index in [0.717, 1.165) is 16.8 Å². The van der Waals surface area contributed by atoms with E-state index >= 15 is 0 Å². The molecule has 0 aliphatic rings. The lowest BCUT2D eigenvalue weighted by molar-refractivity contribution is -0.132. The molecule has 2 aromatic rings. The first-order valence-corrected chi connectivity index (χ1v) is 11.0. The molecule has 34 heavy (non-hydrogen) atoms. The summed E-state index contributed by atoms with van der Waals surface area (Å²) in [6.45, 7) is 2.10. The van der Waals surface area contributed by atoms with Gasteiger partial charge in [0.1, 0.15) is 11.6 Å². The van der Waals surface area contributed by atoms with Crippen LogP contribution in [0.15, 0.2) is 54.1 Å². The van der Waals surface area contributed by atoms with E-state index in [1.54, 1.807) is 7.11 Å². The lowest BCUT2D eigenvalue weighted by Crippen LogP contribution is -2.10. The molecule has 2 aromatic carbocycles. The minimum Gasteiger partial charge on any atom is -0.477 e. The lowest BCUT2D eigenvalue weighted by Gasteiger charge is -2.12. The van der Waals surface area contributed by atoms with Crippen LogP contribution in [0, 0.1) is 11.3 Å². The number of rotatable bonds is 14. The Morgan fingerprint density at radius 3 is 1.94 bits per heavy atom. The molecule has 0 spiro atoms. The van der Waals surface area contributed by atoms with E-state index in [1.165, 1.54) is 0 Å². The van der Waals surface area contributed by atoms with Gasteiger partial charge in [-0.15, -0.1) is 0 Å². The summed E-state index contributed by atoms with van der Waals surface area (Å²) in [5.41, 5.74) is 4.05. The van der Waals surface area contributed by atoms with Crippen LogP contribution in [0.2, 0.25) is 0 Å². The Labute approximate surface area is 201 Å². The molecule has 7 nitrogen and oxygen atoms in total. The predicted molar refractivity (Wildman–Crippen MR) is 134 cm³/mol. The zero-order valence-electron chi connectivity index (χ0n) is 20.0. The summed E-state index contributed by atoms with van der Waals surface area (Å²) in [4.78, 5) is 13.7. The molecule has 0 atom stereocenters. The van der Waals surface area contributed by atoms with Gasteiger partial charge < -0.3 is 24.2 Å². The van der Waals surface area contributed by atoms with Crippen molar-refractivity contribution in [3.8, 4) is 6.07 Å². The molecule has 0 unspecified atom stereocenters. The molecule has 0 aliphatic heterocycles. The third kappa shape index (κ3) is 8.83. The number of carboxylic acids is 1. The second-order valence-electron chi connectivity index (χ2n) is 7.68. The van der Waals surface area contributed by atoms with Crippen LogP contribution in [0.3, 0.4) is 0 Å². The summed E-state index contributed by atoms with van der Waals surface area (Å²) in [6, 6.07) is 17.5. The molecule has 0 aliphatic carbocycles. The monoisotopic (exact) mass is 464 g/mol. The fourth-order valence-corrected chi connectivity index (χ4v) is 3.17. The summed E-state index contributed by atoms with van der Waals surface area (Å²) < 4.78 is 15.8. The van der Waals surface area contributed by atoms with Crippen molar-refractivity contribution >= 4 is 29.4 Å². The minimum absolute atomic E-state index is 0.274. The fraction of sp³-hybridized carbons (Fsp3) is 0.333. The van der Waals surface area contributed by atoms with E-state index < -0.39 is 5.97 Å². The molecule has 180 valence electrons. The van der Waals surface area contributed by atoms with E-state index in [0.29, 0.717) is 44.0 Å². The molecule has 2 rings (SSSR count). The first kappa shape index (κ1) is 26.8. The van der Waals surface area contributed by atoms with Crippen molar-refractivity contribution < 1.29 is 24.1 Å². The van der Waals surface area contributed by atoms with Gasteiger partial charge in [0, 0.05) is 26.9 Å². The summed E-state index contributed by atoms with van der Waals surface area (Å²) >= 11 is 0. The highest BCUT2D eigenvalue weighted by molar-refractivity contribution is 6.00. The van der Waals surface area contributed by atoms with Gasteiger partial charge in [-0.3, -0.25) is 0 Å². The molecule has 0 heterocycles. The number of hydrogen-bond acceptors (Lipinski definition) is 6. The highest BCUT2D eigenvalue weighted by atomic mass is 16.5. The average molecular weight is 465 g/mol. The predicted octanol–water partition coefficient (Wildman–Crippen LogP) is 4.35. The smallest absolute Gasteiger partial charge is 0.346 e. The first-order valence-electron chi connectivity index (χ1n) is 11.0. The summed E-state index contributed by atoms with van der Waals surface area (Å²) in [7, 11) is 5.61. The van der Waals surface area contributed by atoms with Crippen molar-refractivity contribution in [3.63, 3.8) is 0 Å². The number of hydrogen-bond donors (Lipinski definition) is 1. The fourth-order valence-electron chi connectivity index (χ4n) is 3.17. The largest absolute Gasteiger partial charge is 0.477 e. The molecule has 0 fully saturated rings. The third-order valence-corrected chi connectivity index (χ3v) is 5.06. The maximum absolute atomic E-state index is 11.6. The Morgan fingerprint density at radius 1 is 0.912 bits per heavy atom. The van der Waals surface area contributed by atoms with Gasteiger partial charge in [-0.1, -0.05) is 48.6 Å². The van der Waals surface area contributed by atoms with Crippen molar-refractivity contribution in [3.05, 3.63) is 70.8 Å². The van der Waals surface area contributed by atoms with Gasteiger partial charge in [0.15, 0.2) is 0 Å². The van der Waals surface area contributed by atoms with Gasteiger partial charge in [-0.2, -0.15) is 5.26 Å². The number of benzene rings is 2. The first-order chi connectivity index (χ1) is 16.5. The topological polar surface area (TPSA) is 92.0 Å². The lowest BCUT2D eigenvalue weighted by atomic mass is 9.96. The molecule has 1 N–H and O–H groups in total. The quantitative estimate of drug-likeness (QED) is 0.192. The van der Waals surface area contributed by atoms with Gasteiger partial charge in [-0.25, -0.2) is 4.79 Å². The molecule has 0 aromatic heterocycles. The Balaban J connectivity index is 2.04. The van der Waals surface area contributed by atoms with Gasteiger partial charge in [0.2, 0.25) is 0 Å². The number of nitrogens with zero attached hydrogens (tertiary/aromatic N) is 2. The Kier molecular flexibility index (Phi) is 11.6. The maximum atomic E-state index is 11.6. The molecule has 7 heteroatoms. The van der Waals surface area contributed by atoms with Crippen molar-refractivity contribution in [2.45, 2.75) is 6.42 Å². The second kappa shape index (κ2) is 14.7. The van der Waals surface area contributed by atoms with E-state index in [4.69, 9.17) is 14.2 Å². The van der Waals surface area contributed by atoms with Crippen LogP contribution in [0.4, 0.5) is 5.69 Å². The van der Waals surface area contributed by atoms with Crippen molar-refractivity contribution in [2.24, 2.45) is 0 Å². The van der Waals surface area contributed by atoms with Crippen LogP contribution < -0.4 is 4.90 Å². The summed E-state index contributed by atoms with van der Waals surface area (Å²) in [5, 5.41) is 18.9. The molecule has 0 amide bonds. The Bertz CT molecular complexity index is 1000. The number of ether oxygens (including phenoxy) is 3. The molecule has 0 bridgehead atoms. The zero-order chi connectivity index (χ0) is 24.8. The number of carbonyl (C=O) groups is 1. The minimum atomic E-state index is -1.24. The number of methoxy groups -OCH3 is 1. The van der Waals surface area contributed by atoms with Crippen LogP contribution in [-0.2, 0) is 19.0 Å². The van der Waals surface area contributed by atoms with Gasteiger partial charge in [0.25, 0.3) is 0 Å². The summed E-state index contributed by atoms with van der Waals surface area (Å²) in [5.74, 6) is -1.24. The number of anilines is 1. The van der Waals surface area contributed by atoms with Gasteiger partial charge in [-0.05, 0) is 40.8 Å². The highest BCUT2D eigenvalue weighted by Crippen LogP contribution is 2.24. The van der Waals surface area contributed by atoms with E-state index in [-0.39, 0.29) is 12.2 Å². The van der Waals surface area contributed by atoms with Crippen LogP contribution >= 0.6 is 0 Å². The number of nitriles is 1. The molecule has 0 saturated heterocycles. The molecule has 0 radical (unpaired) electrons. The Hall–Kier alpha value is -3.44. The maximum Gasteiger partial charge on any atom is 0.346 e. The summed E-state index contributed by atoms with van der Waals surface area (Å²) in [6.07, 6.45) is 4.32. The number of aliphatic carboxylic acids is 1. The molecule has 0 saturated carbocycles. The van der Waals surface area contributed by atoms with Crippen molar-refractivity contribution in [1.29, 1.82) is 5.26 Å². The molecular formula is C27H32N2O5. The van der Waals surface area contributed by atoms with E-state index in [9.17, 15) is 15.2 Å². The van der Waals surface area contributed by atoms with Crippen LogP contribution in [-0.4, -0.2) is 65.3 Å². The van der Waals surface area contributed by atoms with E-state index in [1.807, 2.05) is 61.5 Å². The standard InChI is InChI=1S/C27H32N2O5/c1-29(2)24-12-8-22(9-13-24)5-4-21-6-10-23(11-7-21)25(26(20-28)27(30)31)14-15-33-18-19-34-17-16-32-3/h4-13H,14-19H2,1-3H3,(H,30,31). The number of carboxylic acid groups (broad SMARTS) is 1. The Morgan fingerprint density at radius 2 is 1.44 bits per heavy atom. The highest BCUT2D eigenvalue weighted by Gasteiger charge is 2.16. The zero-order valence-corrected chi connectivity index (χ0v) is 20.0. The second-order valence-corrected chi connectivity index (χ2v) is 7.68. The van der Waals surface area contributed by atoms with Crippen molar-refractivity contribution in [1.82, 2.24) is 0 Å². The molecular weight excluding hydrogens is 432 g/mol. The SMILES string of the molecule is COCCOCCOCCC(=C(C#N)C(=O)O)c1ccc(C=Cc2ccc(N(C)C)cc2)cc1. The van der Waals surface area contributed by atoms with Crippen LogP contribution in [0.25, 0.3) is 17.7 Å². The van der Waals surface area contributed by atoms with Crippen LogP contribution in [0.5, 0.6) is 0 Å². The van der Waals surface area contributed by atoms with Crippen LogP contribution in [0.1, 0.15) is 23.1 Å². The van der Waals surface area contributed by atoms with Gasteiger partial charge >= 0.3 is 5.97 Å². The average Bonchev–Trinajstić information content (AvgIpc) is 2.84. The van der Waals surface area contributed by atoms with E-state index in [2.05, 4.69) is 24.3 Å². The third-order valence-electron chi connectivity index (χ3n) is 5.06. The normalized spacial score (nSPS) is 11.8. The van der Waals surface area contributed by atoms with Crippen molar-refractivity contribution in [2.75, 3.05) is 59.1 Å².